The molecule has 0 radical (unpaired) electrons. The summed E-state index contributed by atoms with van der Waals surface area (Å²) in [6.45, 7) is 2.19. The van der Waals surface area contributed by atoms with Crippen LogP contribution in [0.3, 0.4) is 0 Å². The maximum atomic E-state index is 5.53. The Hall–Kier alpha value is -0.470. The van der Waals surface area contributed by atoms with Crippen LogP contribution < -0.4 is 0 Å². The van der Waals surface area contributed by atoms with Gasteiger partial charge in [-0.1, -0.05) is 19.1 Å². The Morgan fingerprint density at radius 3 is 2.47 bits per heavy atom. The second-order valence-corrected chi connectivity index (χ2v) is 4.89. The van der Waals surface area contributed by atoms with Crippen molar-refractivity contribution in [2.45, 2.75) is 43.3 Å². The van der Waals surface area contributed by atoms with Crippen molar-refractivity contribution in [3.63, 3.8) is 0 Å². The summed E-state index contributed by atoms with van der Waals surface area (Å²) in [7, 11) is 0. The first-order valence-electron chi connectivity index (χ1n) is 5.62. The third kappa shape index (κ3) is 2.99. The average molecular weight is 222 g/mol. The second kappa shape index (κ2) is 5.04. The van der Waals surface area contributed by atoms with E-state index in [0.717, 1.165) is 12.8 Å². The van der Waals surface area contributed by atoms with Crippen molar-refractivity contribution < 1.29 is 4.74 Å². The van der Waals surface area contributed by atoms with Crippen molar-refractivity contribution >= 4 is 11.8 Å². The van der Waals surface area contributed by atoms with Crippen LogP contribution in [0.2, 0.25) is 0 Å². The van der Waals surface area contributed by atoms with Gasteiger partial charge >= 0.3 is 0 Å². The molecule has 0 aromatic heterocycles. The first-order valence-corrected chi connectivity index (χ1v) is 6.84. The summed E-state index contributed by atoms with van der Waals surface area (Å²) < 4.78 is 5.53. The van der Waals surface area contributed by atoms with Crippen LogP contribution in [0.5, 0.6) is 0 Å². The topological polar surface area (TPSA) is 12.5 Å². The van der Waals surface area contributed by atoms with Gasteiger partial charge in [-0.2, -0.15) is 0 Å². The fourth-order valence-corrected chi connectivity index (χ4v) is 2.30. The molecule has 0 bridgehead atoms. The molecule has 1 aliphatic heterocycles. The van der Waals surface area contributed by atoms with Crippen molar-refractivity contribution in [3.05, 3.63) is 29.8 Å². The van der Waals surface area contributed by atoms with Crippen LogP contribution in [0, 0.1) is 0 Å². The lowest BCUT2D eigenvalue weighted by atomic mass is 10.1. The summed E-state index contributed by atoms with van der Waals surface area (Å²) in [5.41, 5.74) is 1.43. The third-order valence-corrected chi connectivity index (χ3v) is 3.71. The van der Waals surface area contributed by atoms with Crippen molar-refractivity contribution in [1.29, 1.82) is 0 Å². The molecular weight excluding hydrogens is 204 g/mol. The van der Waals surface area contributed by atoms with E-state index in [1.165, 1.54) is 16.9 Å². The maximum absolute atomic E-state index is 5.53. The van der Waals surface area contributed by atoms with Gasteiger partial charge in [-0.05, 0) is 43.2 Å². The predicted molar refractivity (Wildman–Crippen MR) is 65.5 cm³/mol. The minimum atomic E-state index is 0.537. The summed E-state index contributed by atoms with van der Waals surface area (Å²) >= 11 is 1.79. The van der Waals surface area contributed by atoms with Crippen molar-refractivity contribution in [3.8, 4) is 0 Å². The lowest BCUT2D eigenvalue weighted by molar-refractivity contribution is 0.360. The molecule has 1 aromatic carbocycles. The van der Waals surface area contributed by atoms with Crippen LogP contribution in [0.25, 0.3) is 0 Å². The molecule has 2 heteroatoms. The number of hydrogen-bond acceptors (Lipinski definition) is 2. The summed E-state index contributed by atoms with van der Waals surface area (Å²) in [5, 5.41) is 0. The zero-order chi connectivity index (χ0) is 10.7. The third-order valence-electron chi connectivity index (χ3n) is 2.97. The molecule has 1 aliphatic rings. The van der Waals surface area contributed by atoms with Gasteiger partial charge in [-0.15, -0.1) is 11.8 Å². The number of hydrogen-bond donors (Lipinski definition) is 0. The van der Waals surface area contributed by atoms with Crippen LogP contribution in [-0.4, -0.2) is 18.5 Å². The average Bonchev–Trinajstić information content (AvgIpc) is 3.06. The Bertz CT molecular complexity index is 307. The van der Waals surface area contributed by atoms with E-state index in [9.17, 15) is 0 Å². The molecule has 0 aliphatic carbocycles. The fraction of sp³-hybridized carbons (Fsp3) is 0.538. The van der Waals surface area contributed by atoms with Gasteiger partial charge in [0.15, 0.2) is 0 Å². The zero-order valence-electron chi connectivity index (χ0n) is 9.40. The molecule has 15 heavy (non-hydrogen) atoms. The number of thioether (sulfide) groups is 1. The van der Waals surface area contributed by atoms with E-state index >= 15 is 0 Å². The SMILES string of the molecule is CCC1OC1CCc1ccc(SC)cc1. The molecule has 2 rings (SSSR count). The van der Waals surface area contributed by atoms with E-state index in [-0.39, 0.29) is 0 Å². The Labute approximate surface area is 96.2 Å². The van der Waals surface area contributed by atoms with Gasteiger partial charge in [0, 0.05) is 4.90 Å². The molecule has 82 valence electrons. The molecule has 0 N–H and O–H groups in total. The molecular formula is C13H18OS. The van der Waals surface area contributed by atoms with Gasteiger partial charge in [-0.3, -0.25) is 0 Å². The minimum Gasteiger partial charge on any atom is -0.370 e. The van der Waals surface area contributed by atoms with E-state index in [2.05, 4.69) is 37.4 Å². The van der Waals surface area contributed by atoms with E-state index in [4.69, 9.17) is 4.74 Å². The Morgan fingerprint density at radius 1 is 1.20 bits per heavy atom. The van der Waals surface area contributed by atoms with Gasteiger partial charge in [0.1, 0.15) is 0 Å². The summed E-state index contributed by atoms with van der Waals surface area (Å²) in [4.78, 5) is 1.34. The van der Waals surface area contributed by atoms with Crippen LogP contribution in [0.15, 0.2) is 29.2 Å². The fourth-order valence-electron chi connectivity index (χ4n) is 1.89. The van der Waals surface area contributed by atoms with Crippen molar-refractivity contribution in [2.75, 3.05) is 6.26 Å². The first-order chi connectivity index (χ1) is 7.33. The van der Waals surface area contributed by atoms with Gasteiger partial charge in [-0.25, -0.2) is 0 Å². The number of aryl methyl sites for hydroxylation is 1. The Morgan fingerprint density at radius 2 is 1.93 bits per heavy atom. The van der Waals surface area contributed by atoms with Gasteiger partial charge < -0.3 is 4.74 Å². The van der Waals surface area contributed by atoms with E-state index in [1.54, 1.807) is 11.8 Å². The molecule has 1 fully saturated rings. The predicted octanol–water partition coefficient (Wildman–Crippen LogP) is 3.52. The molecule has 1 aromatic rings. The molecule has 0 amide bonds. The van der Waals surface area contributed by atoms with Crippen LogP contribution >= 0.6 is 11.8 Å². The standard InChI is InChI=1S/C13H18OS/c1-3-12-13(14-12)9-6-10-4-7-11(15-2)8-5-10/h4-5,7-8,12-13H,3,6,9H2,1-2H3. The van der Waals surface area contributed by atoms with E-state index in [0.29, 0.717) is 12.2 Å². The number of benzene rings is 1. The lowest BCUT2D eigenvalue weighted by Crippen LogP contribution is -1.95. The summed E-state index contributed by atoms with van der Waals surface area (Å²) in [6.07, 6.45) is 6.69. The number of ether oxygens (including phenoxy) is 1. The van der Waals surface area contributed by atoms with Gasteiger partial charge in [0.25, 0.3) is 0 Å². The Balaban J connectivity index is 1.79. The number of epoxide rings is 1. The summed E-state index contributed by atoms with van der Waals surface area (Å²) in [5.74, 6) is 0. The lowest BCUT2D eigenvalue weighted by Gasteiger charge is -2.00. The van der Waals surface area contributed by atoms with Crippen LogP contribution in [0.4, 0.5) is 0 Å². The molecule has 1 nitrogen and oxygen atoms in total. The van der Waals surface area contributed by atoms with E-state index < -0.39 is 0 Å². The molecule has 0 saturated carbocycles. The largest absolute Gasteiger partial charge is 0.370 e. The monoisotopic (exact) mass is 222 g/mol. The molecule has 2 atom stereocenters. The van der Waals surface area contributed by atoms with Crippen LogP contribution in [-0.2, 0) is 11.2 Å². The van der Waals surface area contributed by atoms with Gasteiger partial charge in [0.05, 0.1) is 12.2 Å². The first kappa shape index (κ1) is 11.0. The van der Waals surface area contributed by atoms with Crippen LogP contribution in [0.1, 0.15) is 25.3 Å². The normalized spacial score (nSPS) is 24.1. The second-order valence-electron chi connectivity index (χ2n) is 4.01. The van der Waals surface area contributed by atoms with E-state index in [1.807, 2.05) is 0 Å². The highest BCUT2D eigenvalue weighted by molar-refractivity contribution is 7.98. The Kier molecular flexibility index (Phi) is 3.71. The molecule has 0 spiro atoms. The van der Waals surface area contributed by atoms with Crippen molar-refractivity contribution in [2.24, 2.45) is 0 Å². The van der Waals surface area contributed by atoms with Gasteiger partial charge in [0.2, 0.25) is 0 Å². The summed E-state index contributed by atoms with van der Waals surface area (Å²) in [6, 6.07) is 8.86. The number of rotatable bonds is 5. The molecule has 2 unspecified atom stereocenters. The quantitative estimate of drug-likeness (QED) is 0.558. The van der Waals surface area contributed by atoms with Crippen molar-refractivity contribution in [1.82, 2.24) is 0 Å². The smallest absolute Gasteiger partial charge is 0.0845 e. The minimum absolute atomic E-state index is 0.537. The highest BCUT2D eigenvalue weighted by Crippen LogP contribution is 2.29. The molecule has 1 saturated heterocycles. The highest BCUT2D eigenvalue weighted by atomic mass is 32.2. The zero-order valence-corrected chi connectivity index (χ0v) is 10.2. The highest BCUT2D eigenvalue weighted by Gasteiger charge is 2.35. The maximum Gasteiger partial charge on any atom is 0.0845 e. The molecule has 1 heterocycles.